The van der Waals surface area contributed by atoms with Gasteiger partial charge in [0.05, 0.1) is 5.02 Å². The van der Waals surface area contributed by atoms with Gasteiger partial charge in [0.15, 0.2) is 0 Å². The first-order valence-corrected chi connectivity index (χ1v) is 4.56. The van der Waals surface area contributed by atoms with Crippen molar-refractivity contribution >= 4 is 17.3 Å². The van der Waals surface area contributed by atoms with Crippen LogP contribution in [-0.4, -0.2) is 4.98 Å². The third kappa shape index (κ3) is 1.85. The molecule has 76 valence electrons. The Bertz CT molecular complexity index is 537. The molecule has 0 fully saturated rings. The molecular weight excluding hydrogens is 216 g/mol. The summed E-state index contributed by atoms with van der Waals surface area (Å²) in [4.78, 5) is 15.1. The fraction of sp³-hybridized carbons (Fsp3) is 0. The zero-order valence-corrected chi connectivity index (χ0v) is 8.36. The highest BCUT2D eigenvalue weighted by molar-refractivity contribution is 6.33. The maximum Gasteiger partial charge on any atom is 0.361 e. The topological polar surface area (TPSA) is 69.1 Å². The van der Waals surface area contributed by atoms with E-state index in [1.165, 1.54) is 6.07 Å². The van der Waals surface area contributed by atoms with Crippen molar-refractivity contribution in [1.82, 2.24) is 4.98 Å². The third-order valence-corrected chi connectivity index (χ3v) is 2.20. The quantitative estimate of drug-likeness (QED) is 0.801. The molecule has 5 heteroatoms. The summed E-state index contributed by atoms with van der Waals surface area (Å²) in [5, 5.41) is 0.185. The van der Waals surface area contributed by atoms with Crippen LogP contribution >= 0.6 is 11.6 Å². The van der Waals surface area contributed by atoms with Crippen LogP contribution in [0.15, 0.2) is 39.8 Å². The van der Waals surface area contributed by atoms with Gasteiger partial charge in [-0.25, -0.2) is 4.79 Å². The van der Waals surface area contributed by atoms with E-state index in [1.54, 1.807) is 24.5 Å². The molecule has 2 aromatic heterocycles. The Morgan fingerprint density at radius 3 is 2.87 bits per heavy atom. The first-order chi connectivity index (χ1) is 7.18. The summed E-state index contributed by atoms with van der Waals surface area (Å²) in [5.74, 6) is 0.354. The normalized spacial score (nSPS) is 10.2. The number of pyridine rings is 1. The molecule has 15 heavy (non-hydrogen) atoms. The second-order valence-electron chi connectivity index (χ2n) is 2.90. The molecule has 0 saturated carbocycles. The number of hydrogen-bond donors (Lipinski definition) is 1. The number of halogens is 1. The summed E-state index contributed by atoms with van der Waals surface area (Å²) >= 11 is 5.76. The molecule has 0 aliphatic heterocycles. The molecule has 2 rings (SSSR count). The summed E-state index contributed by atoms with van der Waals surface area (Å²) in [7, 11) is 0. The average molecular weight is 223 g/mol. The summed E-state index contributed by atoms with van der Waals surface area (Å²) in [6, 6.07) is 4.99. The Morgan fingerprint density at radius 2 is 2.27 bits per heavy atom. The van der Waals surface area contributed by atoms with Crippen molar-refractivity contribution in [2.75, 3.05) is 5.73 Å². The summed E-state index contributed by atoms with van der Waals surface area (Å²) in [5.41, 5.74) is 5.34. The molecular formula is C10H7ClN2O2. The summed E-state index contributed by atoms with van der Waals surface area (Å²) < 4.78 is 4.97. The molecule has 2 N–H and O–H groups in total. The summed E-state index contributed by atoms with van der Waals surface area (Å²) in [6.45, 7) is 0. The van der Waals surface area contributed by atoms with Crippen molar-refractivity contribution in [3.63, 3.8) is 0 Å². The van der Waals surface area contributed by atoms with Gasteiger partial charge in [-0.15, -0.1) is 0 Å². The van der Waals surface area contributed by atoms with Gasteiger partial charge in [0, 0.05) is 24.0 Å². The molecule has 0 unspecified atom stereocenters. The van der Waals surface area contributed by atoms with Crippen molar-refractivity contribution in [2.24, 2.45) is 0 Å². The number of anilines is 1. The lowest BCUT2D eigenvalue weighted by molar-refractivity contribution is 0.529. The fourth-order valence-electron chi connectivity index (χ4n) is 1.13. The van der Waals surface area contributed by atoms with E-state index in [2.05, 4.69) is 4.98 Å². The van der Waals surface area contributed by atoms with Crippen molar-refractivity contribution in [3.8, 4) is 11.3 Å². The Labute approximate surface area is 90.3 Å². The van der Waals surface area contributed by atoms with E-state index in [-0.39, 0.29) is 10.7 Å². The first kappa shape index (κ1) is 9.73. The lowest BCUT2D eigenvalue weighted by atomic mass is 10.2. The van der Waals surface area contributed by atoms with E-state index in [0.29, 0.717) is 11.3 Å². The van der Waals surface area contributed by atoms with Gasteiger partial charge in [-0.05, 0) is 12.1 Å². The van der Waals surface area contributed by atoms with Gasteiger partial charge in [-0.1, -0.05) is 11.6 Å². The fourth-order valence-corrected chi connectivity index (χ4v) is 1.30. The average Bonchev–Trinajstić information content (AvgIpc) is 2.26. The second-order valence-corrected chi connectivity index (χ2v) is 3.31. The largest absolute Gasteiger partial charge is 0.421 e. The SMILES string of the molecule is Nc1c(Cl)cc(-c2cccnc2)oc1=O. The number of rotatable bonds is 1. The van der Waals surface area contributed by atoms with E-state index in [9.17, 15) is 4.79 Å². The molecule has 0 aliphatic rings. The van der Waals surface area contributed by atoms with Gasteiger partial charge < -0.3 is 10.2 Å². The van der Waals surface area contributed by atoms with Crippen LogP contribution in [0, 0.1) is 0 Å². The van der Waals surface area contributed by atoms with Crippen molar-refractivity contribution < 1.29 is 4.42 Å². The zero-order chi connectivity index (χ0) is 10.8. The van der Waals surface area contributed by atoms with E-state index < -0.39 is 5.63 Å². The van der Waals surface area contributed by atoms with Crippen LogP contribution in [0.3, 0.4) is 0 Å². The maximum atomic E-state index is 11.2. The number of nitrogens with two attached hydrogens (primary N) is 1. The van der Waals surface area contributed by atoms with E-state index >= 15 is 0 Å². The molecule has 0 radical (unpaired) electrons. The van der Waals surface area contributed by atoms with Crippen LogP contribution in [0.1, 0.15) is 0 Å². The van der Waals surface area contributed by atoms with Crippen LogP contribution < -0.4 is 11.4 Å². The highest BCUT2D eigenvalue weighted by atomic mass is 35.5. The number of hydrogen-bond acceptors (Lipinski definition) is 4. The van der Waals surface area contributed by atoms with Crippen LogP contribution in [0.2, 0.25) is 5.02 Å². The molecule has 0 aromatic carbocycles. The number of nitrogens with zero attached hydrogens (tertiary/aromatic N) is 1. The molecule has 0 saturated heterocycles. The molecule has 0 aliphatic carbocycles. The number of nitrogen functional groups attached to an aromatic ring is 1. The van der Waals surface area contributed by atoms with Crippen LogP contribution in [0.4, 0.5) is 5.69 Å². The summed E-state index contributed by atoms with van der Waals surface area (Å²) in [6.07, 6.45) is 3.20. The minimum Gasteiger partial charge on any atom is -0.421 e. The Balaban J connectivity index is 2.61. The molecule has 0 atom stereocenters. The van der Waals surface area contributed by atoms with Gasteiger partial charge in [-0.2, -0.15) is 0 Å². The smallest absolute Gasteiger partial charge is 0.361 e. The zero-order valence-electron chi connectivity index (χ0n) is 7.61. The van der Waals surface area contributed by atoms with Crippen LogP contribution in [-0.2, 0) is 0 Å². The molecule has 2 heterocycles. The van der Waals surface area contributed by atoms with E-state index in [1.807, 2.05) is 0 Å². The lowest BCUT2D eigenvalue weighted by Crippen LogP contribution is -2.07. The standard InChI is InChI=1S/C10H7ClN2O2/c11-7-4-8(15-10(14)9(7)12)6-2-1-3-13-5-6/h1-5H,12H2. The highest BCUT2D eigenvalue weighted by Gasteiger charge is 2.08. The lowest BCUT2D eigenvalue weighted by Gasteiger charge is -2.01. The highest BCUT2D eigenvalue weighted by Crippen LogP contribution is 2.23. The third-order valence-electron chi connectivity index (χ3n) is 1.88. The molecule has 0 spiro atoms. The minimum absolute atomic E-state index is 0.0793. The Kier molecular flexibility index (Phi) is 2.43. The minimum atomic E-state index is -0.638. The monoisotopic (exact) mass is 222 g/mol. The Morgan fingerprint density at radius 1 is 1.47 bits per heavy atom. The second kappa shape index (κ2) is 3.74. The predicted molar refractivity (Wildman–Crippen MR) is 57.6 cm³/mol. The van der Waals surface area contributed by atoms with E-state index in [0.717, 1.165) is 0 Å². The van der Waals surface area contributed by atoms with Crippen molar-refractivity contribution in [3.05, 3.63) is 46.0 Å². The molecule has 0 amide bonds. The van der Waals surface area contributed by atoms with Crippen LogP contribution in [0.5, 0.6) is 0 Å². The Hall–Kier alpha value is -1.81. The van der Waals surface area contributed by atoms with Gasteiger partial charge in [0.2, 0.25) is 0 Å². The molecule has 2 aromatic rings. The molecule has 0 bridgehead atoms. The van der Waals surface area contributed by atoms with Gasteiger partial charge >= 0.3 is 5.63 Å². The number of aromatic nitrogens is 1. The van der Waals surface area contributed by atoms with Gasteiger partial charge in [0.1, 0.15) is 11.4 Å². The van der Waals surface area contributed by atoms with E-state index in [4.69, 9.17) is 21.8 Å². The van der Waals surface area contributed by atoms with Crippen molar-refractivity contribution in [2.45, 2.75) is 0 Å². The van der Waals surface area contributed by atoms with Crippen molar-refractivity contribution in [1.29, 1.82) is 0 Å². The van der Waals surface area contributed by atoms with Gasteiger partial charge in [-0.3, -0.25) is 4.98 Å². The first-order valence-electron chi connectivity index (χ1n) is 4.18. The maximum absolute atomic E-state index is 11.2. The van der Waals surface area contributed by atoms with Gasteiger partial charge in [0.25, 0.3) is 0 Å². The predicted octanol–water partition coefficient (Wildman–Crippen LogP) is 1.94. The van der Waals surface area contributed by atoms with Crippen LogP contribution in [0.25, 0.3) is 11.3 Å². The molecule has 4 nitrogen and oxygen atoms in total.